The third-order valence-corrected chi connectivity index (χ3v) is 1.33. The number of benzene rings is 1. The van der Waals surface area contributed by atoms with Crippen molar-refractivity contribution in [3.8, 4) is 5.75 Å². The van der Waals surface area contributed by atoms with Crippen molar-refractivity contribution >= 4 is 12.1 Å². The van der Waals surface area contributed by atoms with Gasteiger partial charge < -0.3 is 5.11 Å². The molecule has 0 fully saturated rings. The van der Waals surface area contributed by atoms with Gasteiger partial charge in [0.05, 0.1) is 6.21 Å². The topological polar surface area (TPSA) is 61.7 Å². The molecule has 0 aliphatic heterocycles. The standard InChI is InChI=1S/C9H10N2O2/c1-7(12)11-10-6-8-2-4-9(13)5-3-8/h2-6,13H,1H3,(H,11,12). The number of carbonyl (C=O) groups is 1. The van der Waals surface area contributed by atoms with Gasteiger partial charge in [0, 0.05) is 6.92 Å². The lowest BCUT2D eigenvalue weighted by Crippen LogP contribution is -2.12. The molecule has 0 aliphatic rings. The minimum Gasteiger partial charge on any atom is -0.508 e. The number of nitrogens with one attached hydrogen (secondary N) is 1. The van der Waals surface area contributed by atoms with Crippen LogP contribution in [0.4, 0.5) is 0 Å². The quantitative estimate of drug-likeness (QED) is 0.521. The van der Waals surface area contributed by atoms with Crippen molar-refractivity contribution in [2.45, 2.75) is 6.92 Å². The predicted octanol–water partition coefficient (Wildman–Crippen LogP) is 0.862. The zero-order chi connectivity index (χ0) is 9.68. The molecular weight excluding hydrogens is 168 g/mol. The third kappa shape index (κ3) is 3.37. The fraction of sp³-hybridized carbons (Fsp3) is 0.111. The molecule has 0 radical (unpaired) electrons. The summed E-state index contributed by atoms with van der Waals surface area (Å²) in [4.78, 5) is 10.4. The van der Waals surface area contributed by atoms with Crippen LogP contribution < -0.4 is 5.43 Å². The number of hydrogen-bond donors (Lipinski definition) is 2. The Morgan fingerprint density at radius 1 is 1.46 bits per heavy atom. The Morgan fingerprint density at radius 3 is 2.62 bits per heavy atom. The summed E-state index contributed by atoms with van der Waals surface area (Å²) in [6.45, 7) is 1.38. The van der Waals surface area contributed by atoms with Gasteiger partial charge in [0.2, 0.25) is 5.91 Å². The van der Waals surface area contributed by atoms with E-state index in [1.54, 1.807) is 24.3 Å². The van der Waals surface area contributed by atoms with Crippen LogP contribution in [0.2, 0.25) is 0 Å². The molecule has 1 amide bonds. The molecule has 1 aromatic carbocycles. The van der Waals surface area contributed by atoms with E-state index in [0.29, 0.717) is 0 Å². The highest BCUT2D eigenvalue weighted by atomic mass is 16.3. The van der Waals surface area contributed by atoms with Gasteiger partial charge in [-0.3, -0.25) is 4.79 Å². The summed E-state index contributed by atoms with van der Waals surface area (Å²) >= 11 is 0. The molecule has 1 aromatic rings. The van der Waals surface area contributed by atoms with Crippen LogP contribution in [0.3, 0.4) is 0 Å². The van der Waals surface area contributed by atoms with Gasteiger partial charge in [-0.05, 0) is 29.8 Å². The van der Waals surface area contributed by atoms with E-state index in [-0.39, 0.29) is 11.7 Å². The maximum absolute atomic E-state index is 10.4. The molecule has 0 unspecified atom stereocenters. The number of phenols is 1. The first kappa shape index (κ1) is 9.25. The van der Waals surface area contributed by atoms with Gasteiger partial charge in [-0.2, -0.15) is 5.10 Å². The zero-order valence-electron chi connectivity index (χ0n) is 7.19. The van der Waals surface area contributed by atoms with Gasteiger partial charge in [0.25, 0.3) is 0 Å². The van der Waals surface area contributed by atoms with Crippen LogP contribution in [0.15, 0.2) is 29.4 Å². The summed E-state index contributed by atoms with van der Waals surface area (Å²) in [5.41, 5.74) is 3.09. The Hall–Kier alpha value is -1.84. The first-order chi connectivity index (χ1) is 6.18. The van der Waals surface area contributed by atoms with Crippen LogP contribution >= 0.6 is 0 Å². The second kappa shape index (κ2) is 4.25. The smallest absolute Gasteiger partial charge is 0.236 e. The molecule has 0 heterocycles. The number of hydrogen-bond acceptors (Lipinski definition) is 3. The van der Waals surface area contributed by atoms with E-state index in [1.807, 2.05) is 0 Å². The molecule has 0 saturated carbocycles. The molecule has 2 N–H and O–H groups in total. The number of carbonyl (C=O) groups excluding carboxylic acids is 1. The minimum atomic E-state index is -0.213. The lowest BCUT2D eigenvalue weighted by Gasteiger charge is -1.93. The van der Waals surface area contributed by atoms with Crippen LogP contribution in [-0.4, -0.2) is 17.2 Å². The van der Waals surface area contributed by atoms with Crippen LogP contribution in [-0.2, 0) is 4.79 Å². The summed E-state index contributed by atoms with van der Waals surface area (Å²) in [6.07, 6.45) is 1.50. The van der Waals surface area contributed by atoms with Crippen molar-refractivity contribution in [3.63, 3.8) is 0 Å². The molecule has 4 nitrogen and oxygen atoms in total. The third-order valence-electron chi connectivity index (χ3n) is 1.33. The highest BCUT2D eigenvalue weighted by Gasteiger charge is 1.88. The molecule has 0 spiro atoms. The lowest BCUT2D eigenvalue weighted by atomic mass is 10.2. The number of rotatable bonds is 2. The lowest BCUT2D eigenvalue weighted by molar-refractivity contribution is -0.118. The Bertz CT molecular complexity index is 317. The molecule has 0 atom stereocenters. The summed E-state index contributed by atoms with van der Waals surface area (Å²) in [5, 5.41) is 12.6. The number of aromatic hydroxyl groups is 1. The SMILES string of the molecule is CC(=O)NN=Cc1ccc(O)cc1. The molecule has 13 heavy (non-hydrogen) atoms. The average Bonchev–Trinajstić information content (AvgIpc) is 2.08. The highest BCUT2D eigenvalue weighted by Crippen LogP contribution is 2.07. The predicted molar refractivity (Wildman–Crippen MR) is 49.5 cm³/mol. The van der Waals surface area contributed by atoms with Crippen molar-refractivity contribution in [1.82, 2.24) is 5.43 Å². The second-order valence-electron chi connectivity index (χ2n) is 2.52. The summed E-state index contributed by atoms with van der Waals surface area (Å²) in [6, 6.07) is 6.49. The van der Waals surface area contributed by atoms with Gasteiger partial charge in [0.15, 0.2) is 0 Å². The fourth-order valence-corrected chi connectivity index (χ4v) is 0.758. The number of phenolic OH excluding ortho intramolecular Hbond substituents is 1. The number of amides is 1. The number of hydrazone groups is 1. The molecule has 68 valence electrons. The maximum Gasteiger partial charge on any atom is 0.236 e. The van der Waals surface area contributed by atoms with Crippen molar-refractivity contribution in [1.29, 1.82) is 0 Å². The van der Waals surface area contributed by atoms with Crippen LogP contribution in [0.1, 0.15) is 12.5 Å². The molecule has 0 aromatic heterocycles. The Morgan fingerprint density at radius 2 is 2.08 bits per heavy atom. The molecular formula is C9H10N2O2. The van der Waals surface area contributed by atoms with Crippen LogP contribution in [0, 0.1) is 0 Å². The fourth-order valence-electron chi connectivity index (χ4n) is 0.758. The maximum atomic E-state index is 10.4. The molecule has 1 rings (SSSR count). The van der Waals surface area contributed by atoms with Gasteiger partial charge >= 0.3 is 0 Å². The Balaban J connectivity index is 2.59. The summed E-state index contributed by atoms with van der Waals surface area (Å²) in [5.74, 6) is -0.00768. The first-order valence-corrected chi connectivity index (χ1v) is 3.77. The summed E-state index contributed by atoms with van der Waals surface area (Å²) in [7, 11) is 0. The van der Waals surface area contributed by atoms with Crippen molar-refractivity contribution in [3.05, 3.63) is 29.8 Å². The van der Waals surface area contributed by atoms with Crippen molar-refractivity contribution < 1.29 is 9.90 Å². The van der Waals surface area contributed by atoms with E-state index in [1.165, 1.54) is 13.1 Å². The molecule has 4 heteroatoms. The van der Waals surface area contributed by atoms with Crippen molar-refractivity contribution in [2.75, 3.05) is 0 Å². The number of nitrogens with zero attached hydrogens (tertiary/aromatic N) is 1. The monoisotopic (exact) mass is 178 g/mol. The van der Waals surface area contributed by atoms with E-state index < -0.39 is 0 Å². The van der Waals surface area contributed by atoms with E-state index >= 15 is 0 Å². The molecule has 0 aliphatic carbocycles. The molecule has 0 bridgehead atoms. The van der Waals surface area contributed by atoms with E-state index in [0.717, 1.165) is 5.56 Å². The van der Waals surface area contributed by atoms with Crippen LogP contribution in [0.5, 0.6) is 5.75 Å². The van der Waals surface area contributed by atoms with Gasteiger partial charge in [-0.25, -0.2) is 5.43 Å². The van der Waals surface area contributed by atoms with E-state index in [9.17, 15) is 4.79 Å². The van der Waals surface area contributed by atoms with Gasteiger partial charge in [-0.1, -0.05) is 0 Å². The normalized spacial score (nSPS) is 10.2. The van der Waals surface area contributed by atoms with Gasteiger partial charge in [0.1, 0.15) is 5.75 Å². The molecule has 0 saturated heterocycles. The largest absolute Gasteiger partial charge is 0.508 e. The summed E-state index contributed by atoms with van der Waals surface area (Å²) < 4.78 is 0. The van der Waals surface area contributed by atoms with Crippen LogP contribution in [0.25, 0.3) is 0 Å². The highest BCUT2D eigenvalue weighted by molar-refractivity contribution is 5.81. The van der Waals surface area contributed by atoms with Crippen molar-refractivity contribution in [2.24, 2.45) is 5.10 Å². The van der Waals surface area contributed by atoms with E-state index in [4.69, 9.17) is 5.11 Å². The Kier molecular flexibility index (Phi) is 3.03. The first-order valence-electron chi connectivity index (χ1n) is 3.77. The average molecular weight is 178 g/mol. The van der Waals surface area contributed by atoms with E-state index in [2.05, 4.69) is 10.5 Å². The van der Waals surface area contributed by atoms with Gasteiger partial charge in [-0.15, -0.1) is 0 Å². The second-order valence-corrected chi connectivity index (χ2v) is 2.52. The minimum absolute atomic E-state index is 0.205. The Labute approximate surface area is 75.9 Å². The zero-order valence-corrected chi connectivity index (χ0v) is 7.19.